The topological polar surface area (TPSA) is 92.8 Å². The lowest BCUT2D eigenvalue weighted by molar-refractivity contribution is -0.159. The van der Waals surface area contributed by atoms with Crippen LogP contribution in [0.2, 0.25) is 0 Å². The average molecular weight is 453 g/mol. The van der Waals surface area contributed by atoms with E-state index in [4.69, 9.17) is 4.74 Å². The van der Waals surface area contributed by atoms with Gasteiger partial charge in [0.2, 0.25) is 5.91 Å². The molecular formula is C24H24N2O5S. The number of nitrogens with one attached hydrogen (secondary N) is 1. The van der Waals surface area contributed by atoms with Gasteiger partial charge in [-0.15, -0.1) is 11.8 Å². The molecule has 0 aromatic heterocycles. The number of anilines is 1. The number of para-hydroxylation sites is 1. The van der Waals surface area contributed by atoms with Crippen LogP contribution in [0.1, 0.15) is 48.4 Å². The molecule has 32 heavy (non-hydrogen) atoms. The standard InChI is InChI=1S/C24H24N2O5S/c1-13(23(30)31-24(2,3)4)19-18(20(27)25-16-11-7-8-12-17(16)32-19)26-21(28)14-9-5-6-10-15(14)22(26)29/h5-13,18-19H,1-4H3,(H,25,27)/t13?,18-,19?/m0/s1. The fourth-order valence-corrected chi connectivity index (χ4v) is 5.25. The van der Waals surface area contributed by atoms with Crippen LogP contribution in [0.5, 0.6) is 0 Å². The molecule has 3 amide bonds. The Balaban J connectivity index is 1.78. The lowest BCUT2D eigenvalue weighted by Gasteiger charge is -2.33. The highest BCUT2D eigenvalue weighted by atomic mass is 32.2. The Morgan fingerprint density at radius 3 is 2.16 bits per heavy atom. The van der Waals surface area contributed by atoms with Crippen LogP contribution in [0.15, 0.2) is 53.4 Å². The van der Waals surface area contributed by atoms with Crippen LogP contribution in [0.4, 0.5) is 5.69 Å². The smallest absolute Gasteiger partial charge is 0.310 e. The van der Waals surface area contributed by atoms with Crippen LogP contribution in [0, 0.1) is 5.92 Å². The molecule has 2 aromatic carbocycles. The van der Waals surface area contributed by atoms with Gasteiger partial charge in [-0.2, -0.15) is 0 Å². The molecule has 0 fully saturated rings. The summed E-state index contributed by atoms with van der Waals surface area (Å²) in [5.41, 5.74) is 0.357. The Hall–Kier alpha value is -3.13. The number of carbonyl (C=O) groups is 4. The molecule has 0 saturated carbocycles. The Labute approximate surface area is 190 Å². The zero-order valence-corrected chi connectivity index (χ0v) is 19.1. The number of esters is 1. The van der Waals surface area contributed by atoms with E-state index < -0.39 is 46.5 Å². The average Bonchev–Trinajstić information content (AvgIpc) is 2.88. The summed E-state index contributed by atoms with van der Waals surface area (Å²) < 4.78 is 5.57. The second-order valence-corrected chi connectivity index (χ2v) is 10.1. The molecule has 1 N–H and O–H groups in total. The van der Waals surface area contributed by atoms with E-state index in [0.29, 0.717) is 5.69 Å². The number of fused-ring (bicyclic) bond motifs is 2. The second-order valence-electron chi connectivity index (χ2n) is 8.86. The minimum Gasteiger partial charge on any atom is -0.460 e. The van der Waals surface area contributed by atoms with E-state index >= 15 is 0 Å². The van der Waals surface area contributed by atoms with Crippen molar-refractivity contribution >= 4 is 41.1 Å². The molecule has 2 aromatic rings. The quantitative estimate of drug-likeness (QED) is 0.563. The maximum absolute atomic E-state index is 13.4. The van der Waals surface area contributed by atoms with Crippen molar-refractivity contribution in [3.8, 4) is 0 Å². The first-order chi connectivity index (χ1) is 15.1. The molecule has 2 aliphatic heterocycles. The van der Waals surface area contributed by atoms with E-state index in [9.17, 15) is 19.2 Å². The third-order valence-corrected chi connectivity index (χ3v) is 6.91. The van der Waals surface area contributed by atoms with Crippen LogP contribution < -0.4 is 5.32 Å². The van der Waals surface area contributed by atoms with Gasteiger partial charge in [-0.3, -0.25) is 24.1 Å². The fourth-order valence-electron chi connectivity index (χ4n) is 3.87. The minimum absolute atomic E-state index is 0.251. The van der Waals surface area contributed by atoms with Gasteiger partial charge < -0.3 is 10.1 Å². The van der Waals surface area contributed by atoms with Gasteiger partial charge in [-0.1, -0.05) is 31.2 Å². The lowest BCUT2D eigenvalue weighted by Crippen LogP contribution is -2.54. The molecule has 2 aliphatic rings. The molecule has 2 unspecified atom stereocenters. The normalized spacial score (nSPS) is 21.4. The largest absolute Gasteiger partial charge is 0.460 e. The zero-order chi connectivity index (χ0) is 23.2. The number of carbonyl (C=O) groups excluding carboxylic acids is 4. The summed E-state index contributed by atoms with van der Waals surface area (Å²) in [7, 11) is 0. The molecule has 0 radical (unpaired) electrons. The van der Waals surface area contributed by atoms with Gasteiger partial charge in [0.15, 0.2) is 0 Å². The van der Waals surface area contributed by atoms with Crippen molar-refractivity contribution in [2.24, 2.45) is 5.92 Å². The summed E-state index contributed by atoms with van der Waals surface area (Å²) >= 11 is 1.29. The van der Waals surface area contributed by atoms with Crippen molar-refractivity contribution < 1.29 is 23.9 Å². The predicted molar refractivity (Wildman–Crippen MR) is 120 cm³/mol. The number of thioether (sulfide) groups is 1. The van der Waals surface area contributed by atoms with Crippen LogP contribution in [0.3, 0.4) is 0 Å². The first kappa shape index (κ1) is 22.1. The second kappa shape index (κ2) is 8.09. The van der Waals surface area contributed by atoms with E-state index in [1.54, 1.807) is 64.1 Å². The van der Waals surface area contributed by atoms with Gasteiger partial charge in [-0.05, 0) is 45.0 Å². The summed E-state index contributed by atoms with van der Waals surface area (Å²) in [5, 5.41) is 2.09. The van der Waals surface area contributed by atoms with Gasteiger partial charge >= 0.3 is 5.97 Å². The number of nitrogens with zero attached hydrogens (tertiary/aromatic N) is 1. The Bertz CT molecular complexity index is 1090. The van der Waals surface area contributed by atoms with Crippen molar-refractivity contribution in [3.05, 3.63) is 59.7 Å². The Morgan fingerprint density at radius 1 is 1.00 bits per heavy atom. The minimum atomic E-state index is -1.19. The molecule has 0 spiro atoms. The maximum Gasteiger partial charge on any atom is 0.310 e. The van der Waals surface area contributed by atoms with Gasteiger partial charge in [0.25, 0.3) is 11.8 Å². The monoisotopic (exact) mass is 452 g/mol. The molecule has 2 heterocycles. The number of imide groups is 1. The van der Waals surface area contributed by atoms with E-state index in [2.05, 4.69) is 5.32 Å². The first-order valence-corrected chi connectivity index (χ1v) is 11.2. The maximum atomic E-state index is 13.4. The van der Waals surface area contributed by atoms with Gasteiger partial charge in [0.1, 0.15) is 11.6 Å². The summed E-state index contributed by atoms with van der Waals surface area (Å²) in [5.74, 6) is -2.87. The van der Waals surface area contributed by atoms with Crippen molar-refractivity contribution in [1.82, 2.24) is 4.90 Å². The highest BCUT2D eigenvalue weighted by Gasteiger charge is 2.50. The van der Waals surface area contributed by atoms with Gasteiger partial charge in [-0.25, -0.2) is 0 Å². The molecule has 0 bridgehead atoms. The van der Waals surface area contributed by atoms with Gasteiger partial charge in [0.05, 0.1) is 28.0 Å². The first-order valence-electron chi connectivity index (χ1n) is 10.3. The highest BCUT2D eigenvalue weighted by molar-refractivity contribution is 8.00. The van der Waals surface area contributed by atoms with Crippen molar-refractivity contribution in [2.75, 3.05) is 5.32 Å². The Kier molecular flexibility index (Phi) is 5.58. The number of ether oxygens (including phenoxy) is 1. The number of hydrogen-bond acceptors (Lipinski definition) is 6. The Morgan fingerprint density at radius 2 is 1.56 bits per heavy atom. The molecule has 7 nitrogen and oxygen atoms in total. The molecule has 166 valence electrons. The van der Waals surface area contributed by atoms with E-state index in [1.165, 1.54) is 11.8 Å². The zero-order valence-electron chi connectivity index (χ0n) is 18.2. The van der Waals surface area contributed by atoms with Crippen molar-refractivity contribution in [3.63, 3.8) is 0 Å². The molecular weight excluding hydrogens is 428 g/mol. The number of benzene rings is 2. The number of rotatable bonds is 3. The van der Waals surface area contributed by atoms with Crippen LogP contribution in [0.25, 0.3) is 0 Å². The van der Waals surface area contributed by atoms with E-state index in [0.717, 1.165) is 9.80 Å². The molecule has 0 saturated heterocycles. The SMILES string of the molecule is CC(C(=O)OC(C)(C)C)C1Sc2ccccc2NC(=O)[C@H]1N1C(=O)c2ccccc2C1=O. The highest BCUT2D eigenvalue weighted by Crippen LogP contribution is 2.42. The van der Waals surface area contributed by atoms with Crippen LogP contribution in [-0.2, 0) is 14.3 Å². The van der Waals surface area contributed by atoms with E-state index in [1.807, 2.05) is 12.1 Å². The molecule has 4 rings (SSSR count). The third kappa shape index (κ3) is 3.90. The van der Waals surface area contributed by atoms with Crippen molar-refractivity contribution in [1.29, 1.82) is 0 Å². The number of amides is 3. The third-order valence-electron chi connectivity index (χ3n) is 5.36. The van der Waals surface area contributed by atoms with Crippen molar-refractivity contribution in [2.45, 2.75) is 49.5 Å². The predicted octanol–water partition coefficient (Wildman–Crippen LogP) is 3.74. The summed E-state index contributed by atoms with van der Waals surface area (Å²) in [6, 6.07) is 12.5. The fraction of sp³-hybridized carbons (Fsp3) is 0.333. The molecule has 0 aliphatic carbocycles. The molecule has 3 atom stereocenters. The van der Waals surface area contributed by atoms with Crippen LogP contribution in [-0.4, -0.2) is 45.5 Å². The van der Waals surface area contributed by atoms with Gasteiger partial charge in [0, 0.05) is 4.90 Å². The molecule has 8 heteroatoms. The van der Waals surface area contributed by atoms with Crippen LogP contribution >= 0.6 is 11.8 Å². The summed E-state index contributed by atoms with van der Waals surface area (Å²) in [4.78, 5) is 54.5. The summed E-state index contributed by atoms with van der Waals surface area (Å²) in [6.07, 6.45) is 0. The number of hydrogen-bond donors (Lipinski definition) is 1. The summed E-state index contributed by atoms with van der Waals surface area (Å²) in [6.45, 7) is 6.96. The van der Waals surface area contributed by atoms with E-state index in [-0.39, 0.29) is 11.1 Å². The lowest BCUT2D eigenvalue weighted by atomic mass is 9.98.